The number of esters is 1. The maximum absolute atomic E-state index is 11.4. The van der Waals surface area contributed by atoms with Crippen LogP contribution in [0.5, 0.6) is 0 Å². The number of benzene rings is 1. The minimum Gasteiger partial charge on any atom is -0.465 e. The van der Waals surface area contributed by atoms with Crippen LogP contribution in [0.15, 0.2) is 30.3 Å². The predicted octanol–water partition coefficient (Wildman–Crippen LogP) is 1.79. The lowest BCUT2D eigenvalue weighted by atomic mass is 10.1. The van der Waals surface area contributed by atoms with Crippen LogP contribution in [0.1, 0.15) is 18.9 Å². The summed E-state index contributed by atoms with van der Waals surface area (Å²) in [6, 6.07) is 9.89. The number of aliphatic hydroxyl groups excluding tert-OH is 1. The SMILES string of the molecule is CC(CCO)C(=O)OCCc1ccccc1. The van der Waals surface area contributed by atoms with E-state index in [-0.39, 0.29) is 18.5 Å². The molecule has 0 spiro atoms. The molecule has 0 fully saturated rings. The molecular formula is C13H18O3. The lowest BCUT2D eigenvalue weighted by Crippen LogP contribution is -2.17. The molecule has 16 heavy (non-hydrogen) atoms. The van der Waals surface area contributed by atoms with E-state index in [1.54, 1.807) is 6.92 Å². The van der Waals surface area contributed by atoms with Crippen molar-refractivity contribution in [2.75, 3.05) is 13.2 Å². The van der Waals surface area contributed by atoms with Gasteiger partial charge in [0.15, 0.2) is 0 Å². The van der Waals surface area contributed by atoms with E-state index in [2.05, 4.69) is 0 Å². The molecule has 0 saturated carbocycles. The molecule has 3 heteroatoms. The molecular weight excluding hydrogens is 204 g/mol. The predicted molar refractivity (Wildman–Crippen MR) is 62.0 cm³/mol. The van der Waals surface area contributed by atoms with E-state index < -0.39 is 0 Å². The van der Waals surface area contributed by atoms with Gasteiger partial charge in [0.2, 0.25) is 0 Å². The first kappa shape index (κ1) is 12.7. The molecule has 0 amide bonds. The summed E-state index contributed by atoms with van der Waals surface area (Å²) in [5, 5.41) is 8.68. The molecule has 0 aromatic heterocycles. The van der Waals surface area contributed by atoms with Gasteiger partial charge in [0.1, 0.15) is 0 Å². The van der Waals surface area contributed by atoms with E-state index in [4.69, 9.17) is 9.84 Å². The minimum absolute atomic E-state index is 0.0228. The van der Waals surface area contributed by atoms with Gasteiger partial charge in [-0.15, -0.1) is 0 Å². The van der Waals surface area contributed by atoms with Crippen LogP contribution in [0.4, 0.5) is 0 Å². The summed E-state index contributed by atoms with van der Waals surface area (Å²) in [7, 11) is 0. The van der Waals surface area contributed by atoms with Gasteiger partial charge in [-0.05, 0) is 12.0 Å². The third-order valence-electron chi connectivity index (χ3n) is 2.44. The second kappa shape index (κ2) is 7.01. The summed E-state index contributed by atoms with van der Waals surface area (Å²) in [6.07, 6.45) is 1.20. The zero-order valence-electron chi connectivity index (χ0n) is 9.56. The summed E-state index contributed by atoms with van der Waals surface area (Å²) < 4.78 is 5.11. The Morgan fingerprint density at radius 1 is 1.38 bits per heavy atom. The van der Waals surface area contributed by atoms with Gasteiger partial charge in [-0.1, -0.05) is 37.3 Å². The van der Waals surface area contributed by atoms with Crippen molar-refractivity contribution in [2.24, 2.45) is 5.92 Å². The van der Waals surface area contributed by atoms with E-state index in [0.717, 1.165) is 12.0 Å². The Kier molecular flexibility index (Phi) is 5.57. The molecule has 1 N–H and O–H groups in total. The Morgan fingerprint density at radius 2 is 2.06 bits per heavy atom. The lowest BCUT2D eigenvalue weighted by molar-refractivity contribution is -0.148. The third kappa shape index (κ3) is 4.45. The fourth-order valence-electron chi connectivity index (χ4n) is 1.37. The van der Waals surface area contributed by atoms with E-state index in [0.29, 0.717) is 13.0 Å². The normalized spacial score (nSPS) is 12.1. The quantitative estimate of drug-likeness (QED) is 0.746. The first-order valence-electron chi connectivity index (χ1n) is 5.55. The van der Waals surface area contributed by atoms with Crippen molar-refractivity contribution >= 4 is 5.97 Å². The zero-order chi connectivity index (χ0) is 11.8. The third-order valence-corrected chi connectivity index (χ3v) is 2.44. The molecule has 1 unspecified atom stereocenters. The Bertz CT molecular complexity index is 308. The molecule has 1 rings (SSSR count). The van der Waals surface area contributed by atoms with Crippen LogP contribution in [0.25, 0.3) is 0 Å². The van der Waals surface area contributed by atoms with Gasteiger partial charge < -0.3 is 9.84 Å². The Balaban J connectivity index is 2.23. The van der Waals surface area contributed by atoms with Crippen molar-refractivity contribution < 1.29 is 14.6 Å². The van der Waals surface area contributed by atoms with Crippen LogP contribution in [0.2, 0.25) is 0 Å². The highest BCUT2D eigenvalue weighted by atomic mass is 16.5. The van der Waals surface area contributed by atoms with E-state index in [1.165, 1.54) is 0 Å². The van der Waals surface area contributed by atoms with Gasteiger partial charge in [0.05, 0.1) is 12.5 Å². The van der Waals surface area contributed by atoms with E-state index in [1.807, 2.05) is 30.3 Å². The fraction of sp³-hybridized carbons (Fsp3) is 0.462. The lowest BCUT2D eigenvalue weighted by Gasteiger charge is -2.09. The second-order valence-electron chi connectivity index (χ2n) is 3.82. The van der Waals surface area contributed by atoms with Crippen molar-refractivity contribution in [3.63, 3.8) is 0 Å². The first-order chi connectivity index (χ1) is 7.74. The van der Waals surface area contributed by atoms with E-state index in [9.17, 15) is 4.79 Å². The molecule has 0 radical (unpaired) electrons. The van der Waals surface area contributed by atoms with Crippen LogP contribution in [0.3, 0.4) is 0 Å². The smallest absolute Gasteiger partial charge is 0.308 e. The summed E-state index contributed by atoms with van der Waals surface area (Å²) >= 11 is 0. The second-order valence-corrected chi connectivity index (χ2v) is 3.82. The molecule has 1 aromatic carbocycles. The topological polar surface area (TPSA) is 46.5 Å². The molecule has 0 heterocycles. The Labute approximate surface area is 96.1 Å². The summed E-state index contributed by atoms with van der Waals surface area (Å²) in [4.78, 5) is 11.4. The van der Waals surface area contributed by atoms with Crippen LogP contribution >= 0.6 is 0 Å². The van der Waals surface area contributed by atoms with Crippen LogP contribution < -0.4 is 0 Å². The van der Waals surface area contributed by atoms with Gasteiger partial charge >= 0.3 is 5.97 Å². The molecule has 1 aromatic rings. The van der Waals surface area contributed by atoms with E-state index >= 15 is 0 Å². The van der Waals surface area contributed by atoms with Crippen LogP contribution in [0, 0.1) is 5.92 Å². The largest absolute Gasteiger partial charge is 0.465 e. The number of hydrogen-bond acceptors (Lipinski definition) is 3. The highest BCUT2D eigenvalue weighted by Crippen LogP contribution is 2.05. The highest BCUT2D eigenvalue weighted by molar-refractivity contribution is 5.71. The Hall–Kier alpha value is -1.35. The average Bonchev–Trinajstić information content (AvgIpc) is 2.30. The monoisotopic (exact) mass is 222 g/mol. The van der Waals surface area contributed by atoms with Crippen LogP contribution in [-0.4, -0.2) is 24.3 Å². The number of carbonyl (C=O) groups is 1. The number of aliphatic hydroxyl groups is 1. The fourth-order valence-corrected chi connectivity index (χ4v) is 1.37. The first-order valence-corrected chi connectivity index (χ1v) is 5.55. The molecule has 0 aliphatic carbocycles. The summed E-state index contributed by atoms with van der Waals surface area (Å²) in [6.45, 7) is 2.19. The number of hydrogen-bond donors (Lipinski definition) is 1. The molecule has 0 aliphatic heterocycles. The molecule has 1 atom stereocenters. The minimum atomic E-state index is -0.231. The average molecular weight is 222 g/mol. The molecule has 3 nitrogen and oxygen atoms in total. The molecule has 0 saturated heterocycles. The maximum atomic E-state index is 11.4. The van der Waals surface area contributed by atoms with Crippen molar-refractivity contribution in [3.8, 4) is 0 Å². The standard InChI is InChI=1S/C13H18O3/c1-11(7-9-14)13(15)16-10-8-12-5-3-2-4-6-12/h2-6,11,14H,7-10H2,1H3. The van der Waals surface area contributed by atoms with Gasteiger partial charge in [0.25, 0.3) is 0 Å². The van der Waals surface area contributed by atoms with Crippen molar-refractivity contribution in [1.29, 1.82) is 0 Å². The highest BCUT2D eigenvalue weighted by Gasteiger charge is 2.13. The number of ether oxygens (including phenoxy) is 1. The van der Waals surface area contributed by atoms with Gasteiger partial charge in [-0.2, -0.15) is 0 Å². The molecule has 0 bridgehead atoms. The zero-order valence-corrected chi connectivity index (χ0v) is 9.56. The van der Waals surface area contributed by atoms with Gasteiger partial charge in [-0.25, -0.2) is 0 Å². The summed E-state index contributed by atoms with van der Waals surface area (Å²) in [5.74, 6) is -0.453. The van der Waals surface area contributed by atoms with Gasteiger partial charge in [-0.3, -0.25) is 4.79 Å². The van der Waals surface area contributed by atoms with Gasteiger partial charge in [0, 0.05) is 13.0 Å². The Morgan fingerprint density at radius 3 is 2.69 bits per heavy atom. The number of carbonyl (C=O) groups excluding carboxylic acids is 1. The van der Waals surface area contributed by atoms with Crippen molar-refractivity contribution in [1.82, 2.24) is 0 Å². The molecule has 88 valence electrons. The van der Waals surface area contributed by atoms with Crippen molar-refractivity contribution in [2.45, 2.75) is 19.8 Å². The maximum Gasteiger partial charge on any atom is 0.308 e. The molecule has 0 aliphatic rings. The van der Waals surface area contributed by atoms with Crippen LogP contribution in [-0.2, 0) is 16.0 Å². The number of rotatable bonds is 6. The van der Waals surface area contributed by atoms with Crippen molar-refractivity contribution in [3.05, 3.63) is 35.9 Å². The summed E-state index contributed by atoms with van der Waals surface area (Å²) in [5.41, 5.74) is 1.16.